The maximum Gasteiger partial charge on any atom is 0.407 e. The minimum absolute atomic E-state index is 0.0355. The second-order valence-electron chi connectivity index (χ2n) is 3.29. The summed E-state index contributed by atoms with van der Waals surface area (Å²) in [6.07, 6.45) is -3.28. The van der Waals surface area contributed by atoms with Crippen molar-refractivity contribution in [1.29, 1.82) is 0 Å². The molecule has 0 aliphatic rings. The molecule has 0 fully saturated rings. The molecule has 86 valence electrons. The highest BCUT2D eigenvalue weighted by molar-refractivity contribution is 6.29. The number of fused-ring (bicyclic) bond motifs is 1. The molecule has 3 N–H and O–H groups in total. The fourth-order valence-electron chi connectivity index (χ4n) is 1.44. The first-order valence-corrected chi connectivity index (χ1v) is 4.73. The average Bonchev–Trinajstić information content (AvgIpc) is 2.57. The number of H-pyrrole nitrogens is 1. The van der Waals surface area contributed by atoms with Crippen molar-refractivity contribution in [2.24, 2.45) is 5.73 Å². The fraction of sp³-hybridized carbons (Fsp3) is 0.222. The first-order valence-electron chi connectivity index (χ1n) is 4.35. The van der Waals surface area contributed by atoms with Crippen molar-refractivity contribution in [3.05, 3.63) is 29.0 Å². The summed E-state index contributed by atoms with van der Waals surface area (Å²) in [5.74, 6) is 0. The largest absolute Gasteiger partial charge is 0.407 e. The van der Waals surface area contributed by atoms with Crippen molar-refractivity contribution in [2.75, 3.05) is 0 Å². The molecule has 0 bridgehead atoms. The number of nitrogens with zero attached hydrogens (tertiary/aromatic N) is 1. The van der Waals surface area contributed by atoms with Crippen LogP contribution in [0.2, 0.25) is 5.15 Å². The van der Waals surface area contributed by atoms with Gasteiger partial charge in [-0.3, -0.25) is 0 Å². The van der Waals surface area contributed by atoms with E-state index in [4.69, 9.17) is 17.3 Å². The Balaban J connectivity index is 2.54. The van der Waals surface area contributed by atoms with Crippen molar-refractivity contribution in [2.45, 2.75) is 12.2 Å². The lowest BCUT2D eigenvalue weighted by molar-refractivity contribution is -0.148. The zero-order chi connectivity index (χ0) is 11.9. The van der Waals surface area contributed by atoms with Crippen LogP contribution in [0.3, 0.4) is 0 Å². The zero-order valence-electron chi connectivity index (χ0n) is 7.85. The summed E-state index contributed by atoms with van der Waals surface area (Å²) in [6.45, 7) is 0. The second kappa shape index (κ2) is 3.64. The Kier molecular flexibility index (Phi) is 2.55. The summed E-state index contributed by atoms with van der Waals surface area (Å²) in [4.78, 5) is 6.45. The van der Waals surface area contributed by atoms with Gasteiger partial charge in [0, 0.05) is 17.1 Å². The number of hydrogen-bond acceptors (Lipinski definition) is 2. The Morgan fingerprint density at radius 2 is 2.06 bits per heavy atom. The van der Waals surface area contributed by atoms with Gasteiger partial charge in [0.05, 0.1) is 0 Å². The van der Waals surface area contributed by atoms with Gasteiger partial charge in [-0.15, -0.1) is 0 Å². The lowest BCUT2D eigenvalue weighted by Crippen LogP contribution is -2.28. The summed E-state index contributed by atoms with van der Waals surface area (Å²) in [7, 11) is 0. The standard InChI is InChI=1S/C9H7ClF3N3/c10-6-2-1-4-5(3-15-8(4)16-6)7(14)9(11,12)13/h1-3,7H,14H2,(H,15,16)/t7-/m1/s1. The van der Waals surface area contributed by atoms with E-state index in [1.807, 2.05) is 0 Å². The molecule has 0 saturated heterocycles. The Labute approximate surface area is 93.4 Å². The predicted molar refractivity (Wildman–Crippen MR) is 54.1 cm³/mol. The lowest BCUT2D eigenvalue weighted by Gasteiger charge is -2.14. The molecule has 0 saturated carbocycles. The van der Waals surface area contributed by atoms with Crippen LogP contribution in [0.15, 0.2) is 18.3 Å². The molecular weight excluding hydrogens is 243 g/mol. The molecule has 16 heavy (non-hydrogen) atoms. The van der Waals surface area contributed by atoms with Crippen LogP contribution in [0.1, 0.15) is 11.6 Å². The van der Waals surface area contributed by atoms with Crippen LogP contribution in [-0.4, -0.2) is 16.1 Å². The van der Waals surface area contributed by atoms with E-state index in [1.165, 1.54) is 18.3 Å². The van der Waals surface area contributed by atoms with Crippen molar-refractivity contribution in [3.63, 3.8) is 0 Å². The van der Waals surface area contributed by atoms with Gasteiger partial charge in [-0.25, -0.2) is 4.98 Å². The molecule has 2 aromatic rings. The highest BCUT2D eigenvalue weighted by atomic mass is 35.5. The number of aromatic amines is 1. The molecule has 0 amide bonds. The summed E-state index contributed by atoms with van der Waals surface area (Å²) in [5.41, 5.74) is 5.37. The molecule has 2 aromatic heterocycles. The van der Waals surface area contributed by atoms with Crippen LogP contribution < -0.4 is 5.73 Å². The van der Waals surface area contributed by atoms with Crippen LogP contribution in [0.25, 0.3) is 11.0 Å². The third-order valence-corrected chi connectivity index (χ3v) is 2.43. The number of nitrogens with one attached hydrogen (secondary N) is 1. The fourth-order valence-corrected chi connectivity index (χ4v) is 1.58. The van der Waals surface area contributed by atoms with Gasteiger partial charge >= 0.3 is 6.18 Å². The summed E-state index contributed by atoms with van der Waals surface area (Å²) in [6, 6.07) is 0.858. The number of nitrogens with two attached hydrogens (primary N) is 1. The van der Waals surface area contributed by atoms with Crippen LogP contribution in [-0.2, 0) is 0 Å². The quantitative estimate of drug-likeness (QED) is 0.764. The highest BCUT2D eigenvalue weighted by Gasteiger charge is 2.39. The van der Waals surface area contributed by atoms with Gasteiger partial charge in [0.15, 0.2) is 0 Å². The monoisotopic (exact) mass is 249 g/mol. The van der Waals surface area contributed by atoms with E-state index in [0.29, 0.717) is 11.0 Å². The third-order valence-electron chi connectivity index (χ3n) is 2.22. The number of halogens is 4. The van der Waals surface area contributed by atoms with Crippen LogP contribution in [0, 0.1) is 0 Å². The molecule has 3 nitrogen and oxygen atoms in total. The van der Waals surface area contributed by atoms with Gasteiger partial charge in [-0.2, -0.15) is 13.2 Å². The first kappa shape index (κ1) is 11.2. The van der Waals surface area contributed by atoms with E-state index in [9.17, 15) is 13.2 Å². The van der Waals surface area contributed by atoms with Crippen LogP contribution >= 0.6 is 11.6 Å². The smallest absolute Gasteiger partial charge is 0.346 e. The molecule has 0 aliphatic carbocycles. The Morgan fingerprint density at radius 3 is 2.69 bits per heavy atom. The van der Waals surface area contributed by atoms with Gasteiger partial charge in [-0.1, -0.05) is 11.6 Å². The van der Waals surface area contributed by atoms with Crippen molar-refractivity contribution in [1.82, 2.24) is 9.97 Å². The summed E-state index contributed by atoms with van der Waals surface area (Å²) in [5, 5.41) is 0.538. The molecular formula is C9H7ClF3N3. The molecule has 2 heterocycles. The van der Waals surface area contributed by atoms with Gasteiger partial charge < -0.3 is 10.7 Å². The zero-order valence-corrected chi connectivity index (χ0v) is 8.60. The predicted octanol–water partition coefficient (Wildman–Crippen LogP) is 2.78. The molecule has 0 radical (unpaired) electrons. The van der Waals surface area contributed by atoms with E-state index < -0.39 is 12.2 Å². The Morgan fingerprint density at radius 1 is 1.38 bits per heavy atom. The van der Waals surface area contributed by atoms with E-state index >= 15 is 0 Å². The summed E-state index contributed by atoms with van der Waals surface area (Å²) < 4.78 is 37.3. The minimum Gasteiger partial charge on any atom is -0.346 e. The molecule has 2 rings (SSSR count). The maximum atomic E-state index is 12.4. The van der Waals surface area contributed by atoms with Crippen LogP contribution in [0.4, 0.5) is 13.2 Å². The Bertz CT molecular complexity index is 520. The SMILES string of the molecule is N[C@H](c1c[nH]c2nc(Cl)ccc12)C(F)(F)F. The van der Waals surface area contributed by atoms with Gasteiger partial charge in [-0.05, 0) is 12.1 Å². The van der Waals surface area contributed by atoms with E-state index in [2.05, 4.69) is 9.97 Å². The van der Waals surface area contributed by atoms with Crippen molar-refractivity contribution in [3.8, 4) is 0 Å². The van der Waals surface area contributed by atoms with Crippen LogP contribution in [0.5, 0.6) is 0 Å². The van der Waals surface area contributed by atoms with E-state index in [0.717, 1.165) is 0 Å². The lowest BCUT2D eigenvalue weighted by atomic mass is 10.1. The van der Waals surface area contributed by atoms with Gasteiger partial charge in [0.25, 0.3) is 0 Å². The Hall–Kier alpha value is -1.27. The molecule has 0 aromatic carbocycles. The van der Waals surface area contributed by atoms with E-state index in [1.54, 1.807) is 0 Å². The summed E-state index contributed by atoms with van der Waals surface area (Å²) >= 11 is 5.61. The minimum atomic E-state index is -4.48. The topological polar surface area (TPSA) is 54.7 Å². The number of rotatable bonds is 1. The van der Waals surface area contributed by atoms with Crippen molar-refractivity contribution < 1.29 is 13.2 Å². The average molecular weight is 250 g/mol. The molecule has 7 heteroatoms. The number of pyridine rings is 1. The number of alkyl halides is 3. The molecule has 0 unspecified atom stereocenters. The first-order chi connectivity index (χ1) is 7.39. The normalized spacial score (nSPS) is 14.3. The number of aromatic nitrogens is 2. The number of hydrogen-bond donors (Lipinski definition) is 2. The highest BCUT2D eigenvalue weighted by Crippen LogP contribution is 2.34. The molecule has 0 aliphatic heterocycles. The second-order valence-corrected chi connectivity index (χ2v) is 3.68. The maximum absolute atomic E-state index is 12.4. The third kappa shape index (κ3) is 1.85. The van der Waals surface area contributed by atoms with Gasteiger partial charge in [0.1, 0.15) is 16.8 Å². The molecule has 0 spiro atoms. The van der Waals surface area contributed by atoms with E-state index in [-0.39, 0.29) is 10.7 Å². The van der Waals surface area contributed by atoms with Gasteiger partial charge in [0.2, 0.25) is 0 Å². The molecule has 1 atom stereocenters. The van der Waals surface area contributed by atoms with Crippen molar-refractivity contribution >= 4 is 22.6 Å².